The number of hydrogen-bond acceptors (Lipinski definition) is 5. The molecule has 0 N–H and O–H groups in total. The topological polar surface area (TPSA) is 36.7 Å². The Morgan fingerprint density at radius 3 is 2.78 bits per heavy atom. The molecular formula is C21H28N2O2S2. The second-order valence-corrected chi connectivity index (χ2v) is 9.37. The van der Waals surface area contributed by atoms with Crippen LogP contribution >= 0.6 is 23.5 Å². The summed E-state index contributed by atoms with van der Waals surface area (Å²) in [5.41, 5.74) is 2.52. The molecule has 6 heteroatoms. The van der Waals surface area contributed by atoms with Crippen molar-refractivity contribution in [1.29, 1.82) is 0 Å². The normalized spacial score (nSPS) is 17.7. The van der Waals surface area contributed by atoms with E-state index >= 15 is 0 Å². The predicted molar refractivity (Wildman–Crippen MR) is 115 cm³/mol. The highest BCUT2D eigenvalue weighted by atomic mass is 32.2. The van der Waals surface area contributed by atoms with E-state index in [-0.39, 0.29) is 11.3 Å². The van der Waals surface area contributed by atoms with Gasteiger partial charge in [-0.1, -0.05) is 24.3 Å². The summed E-state index contributed by atoms with van der Waals surface area (Å²) >= 11 is 3.70. The third kappa shape index (κ3) is 5.56. The van der Waals surface area contributed by atoms with E-state index in [0.29, 0.717) is 6.42 Å². The fraction of sp³-hybridized carbons (Fsp3) is 0.476. The van der Waals surface area contributed by atoms with Gasteiger partial charge in [0.05, 0.1) is 12.3 Å². The zero-order chi connectivity index (χ0) is 19.2. The third-order valence-corrected chi connectivity index (χ3v) is 6.78. The molecule has 2 heterocycles. The minimum atomic E-state index is 0.142. The van der Waals surface area contributed by atoms with Gasteiger partial charge in [-0.05, 0) is 44.3 Å². The van der Waals surface area contributed by atoms with Gasteiger partial charge in [-0.25, -0.2) is 0 Å². The number of carbonyl (C=O) groups is 1. The Morgan fingerprint density at radius 2 is 2.00 bits per heavy atom. The van der Waals surface area contributed by atoms with Gasteiger partial charge >= 0.3 is 0 Å². The molecular weight excluding hydrogens is 376 g/mol. The molecule has 0 aliphatic carbocycles. The predicted octanol–water partition coefficient (Wildman–Crippen LogP) is 4.55. The van der Waals surface area contributed by atoms with Crippen molar-refractivity contribution in [2.45, 2.75) is 31.0 Å². The summed E-state index contributed by atoms with van der Waals surface area (Å²) in [7, 11) is 4.07. The maximum absolute atomic E-state index is 12.5. The van der Waals surface area contributed by atoms with Crippen molar-refractivity contribution in [2.24, 2.45) is 0 Å². The van der Waals surface area contributed by atoms with Crippen molar-refractivity contribution < 1.29 is 9.21 Å². The standard InChI is InChI=1S/C21H28N2O2S2/c1-16-6-4-5-7-19(16)21-23(20(24)10-12-27-21)11-13-26-15-18-9-8-17(25-18)14-22(2)3/h4-9,21H,10-15H2,1-3H3. The van der Waals surface area contributed by atoms with E-state index in [4.69, 9.17) is 4.42 Å². The second-order valence-electron chi connectivity index (χ2n) is 7.08. The van der Waals surface area contributed by atoms with Gasteiger partial charge in [-0.2, -0.15) is 11.8 Å². The average Bonchev–Trinajstić information content (AvgIpc) is 3.07. The lowest BCUT2D eigenvalue weighted by Gasteiger charge is -2.36. The SMILES string of the molecule is Cc1ccccc1C1SCCC(=O)N1CCSCc1ccc(CN(C)C)o1. The van der Waals surface area contributed by atoms with Crippen molar-refractivity contribution >= 4 is 29.4 Å². The molecule has 0 saturated carbocycles. The van der Waals surface area contributed by atoms with Crippen molar-refractivity contribution in [1.82, 2.24) is 9.80 Å². The quantitative estimate of drug-likeness (QED) is 0.604. The summed E-state index contributed by atoms with van der Waals surface area (Å²) in [6, 6.07) is 12.5. The van der Waals surface area contributed by atoms with Crippen molar-refractivity contribution in [2.75, 3.05) is 32.1 Å². The van der Waals surface area contributed by atoms with E-state index in [9.17, 15) is 4.79 Å². The van der Waals surface area contributed by atoms with Gasteiger partial charge in [0.2, 0.25) is 5.91 Å². The summed E-state index contributed by atoms with van der Waals surface area (Å²) in [5, 5.41) is 0.142. The minimum absolute atomic E-state index is 0.142. The second kappa shape index (κ2) is 9.71. The maximum atomic E-state index is 12.5. The molecule has 0 radical (unpaired) electrons. The van der Waals surface area contributed by atoms with Crippen LogP contribution in [0.3, 0.4) is 0 Å². The average molecular weight is 405 g/mol. The van der Waals surface area contributed by atoms with Crippen LogP contribution in [0.5, 0.6) is 0 Å². The van der Waals surface area contributed by atoms with Crippen molar-refractivity contribution in [3.63, 3.8) is 0 Å². The van der Waals surface area contributed by atoms with Crippen LogP contribution < -0.4 is 0 Å². The van der Waals surface area contributed by atoms with E-state index in [0.717, 1.165) is 41.9 Å². The molecule has 0 spiro atoms. The van der Waals surface area contributed by atoms with Crippen LogP contribution in [-0.4, -0.2) is 47.9 Å². The first kappa shape index (κ1) is 20.4. The van der Waals surface area contributed by atoms with Crippen LogP contribution in [-0.2, 0) is 17.1 Å². The molecule has 2 aromatic rings. The molecule has 0 bridgehead atoms. The Balaban J connectivity index is 1.54. The monoisotopic (exact) mass is 404 g/mol. The van der Waals surface area contributed by atoms with Crippen LogP contribution in [0.15, 0.2) is 40.8 Å². The number of benzene rings is 1. The Bertz CT molecular complexity index is 760. The van der Waals surface area contributed by atoms with Gasteiger partial charge < -0.3 is 14.2 Å². The molecule has 1 fully saturated rings. The summed E-state index contributed by atoms with van der Waals surface area (Å²) in [6.07, 6.45) is 0.643. The largest absolute Gasteiger partial charge is 0.464 e. The Labute approximate surface area is 170 Å². The summed E-state index contributed by atoms with van der Waals surface area (Å²) in [5.74, 6) is 4.94. The van der Waals surface area contributed by atoms with Crippen LogP contribution in [0.25, 0.3) is 0 Å². The number of amides is 1. The van der Waals surface area contributed by atoms with Gasteiger partial charge in [-0.15, -0.1) is 11.8 Å². The van der Waals surface area contributed by atoms with Crippen molar-refractivity contribution in [3.8, 4) is 0 Å². The molecule has 1 saturated heterocycles. The highest BCUT2D eigenvalue weighted by Crippen LogP contribution is 2.38. The van der Waals surface area contributed by atoms with Crippen LogP contribution in [0.1, 0.15) is 34.4 Å². The Hall–Kier alpha value is -1.37. The Morgan fingerprint density at radius 1 is 1.22 bits per heavy atom. The van der Waals surface area contributed by atoms with E-state index in [1.54, 1.807) is 0 Å². The molecule has 1 amide bonds. The molecule has 1 unspecified atom stereocenters. The van der Waals surface area contributed by atoms with Gasteiger partial charge in [-0.3, -0.25) is 4.79 Å². The zero-order valence-electron chi connectivity index (χ0n) is 16.3. The Kier molecular flexibility index (Phi) is 7.33. The molecule has 1 atom stereocenters. The number of nitrogens with zero attached hydrogens (tertiary/aromatic N) is 2. The molecule has 1 aliphatic heterocycles. The minimum Gasteiger partial charge on any atom is -0.464 e. The zero-order valence-corrected chi connectivity index (χ0v) is 17.9. The lowest BCUT2D eigenvalue weighted by molar-refractivity contribution is -0.131. The van der Waals surface area contributed by atoms with Gasteiger partial charge in [0.15, 0.2) is 0 Å². The first-order valence-electron chi connectivity index (χ1n) is 9.31. The number of aryl methyl sites for hydroxylation is 1. The van der Waals surface area contributed by atoms with Gasteiger partial charge in [0.1, 0.15) is 16.9 Å². The molecule has 1 aromatic heterocycles. The van der Waals surface area contributed by atoms with E-state index in [1.807, 2.05) is 37.6 Å². The molecule has 4 nitrogen and oxygen atoms in total. The highest BCUT2D eigenvalue weighted by Gasteiger charge is 2.30. The summed E-state index contributed by atoms with van der Waals surface area (Å²) in [4.78, 5) is 16.7. The molecule has 27 heavy (non-hydrogen) atoms. The molecule has 1 aliphatic rings. The van der Waals surface area contributed by atoms with E-state index in [1.165, 1.54) is 11.1 Å². The number of thioether (sulfide) groups is 2. The third-order valence-electron chi connectivity index (χ3n) is 4.56. The summed E-state index contributed by atoms with van der Waals surface area (Å²) in [6.45, 7) is 3.73. The number of furan rings is 1. The molecule has 1 aromatic carbocycles. The lowest BCUT2D eigenvalue weighted by atomic mass is 10.1. The van der Waals surface area contributed by atoms with E-state index in [2.05, 4.69) is 53.1 Å². The van der Waals surface area contributed by atoms with Crippen LogP contribution in [0.2, 0.25) is 0 Å². The smallest absolute Gasteiger partial charge is 0.224 e. The number of carbonyl (C=O) groups excluding carboxylic acids is 1. The fourth-order valence-electron chi connectivity index (χ4n) is 3.22. The van der Waals surface area contributed by atoms with E-state index < -0.39 is 0 Å². The highest BCUT2D eigenvalue weighted by molar-refractivity contribution is 7.99. The van der Waals surface area contributed by atoms with Crippen molar-refractivity contribution in [3.05, 3.63) is 59.0 Å². The lowest BCUT2D eigenvalue weighted by Crippen LogP contribution is -2.39. The first-order valence-corrected chi connectivity index (χ1v) is 11.5. The maximum Gasteiger partial charge on any atom is 0.224 e. The number of hydrogen-bond donors (Lipinski definition) is 0. The van der Waals surface area contributed by atoms with Gasteiger partial charge in [0.25, 0.3) is 0 Å². The summed E-state index contributed by atoms with van der Waals surface area (Å²) < 4.78 is 5.87. The van der Waals surface area contributed by atoms with Crippen LogP contribution in [0.4, 0.5) is 0 Å². The van der Waals surface area contributed by atoms with Gasteiger partial charge in [0, 0.05) is 24.5 Å². The molecule has 146 valence electrons. The van der Waals surface area contributed by atoms with Crippen LogP contribution in [0, 0.1) is 6.92 Å². The first-order chi connectivity index (χ1) is 13.0. The number of rotatable bonds is 8. The fourth-order valence-corrected chi connectivity index (χ4v) is 5.41. The molecule has 3 rings (SSSR count).